The molecule has 1 rings (SSSR count). The van der Waals surface area contributed by atoms with Crippen molar-refractivity contribution in [2.75, 3.05) is 0 Å². The van der Waals surface area contributed by atoms with E-state index in [2.05, 4.69) is 10.3 Å². The molecule has 1 heterocycles. The lowest BCUT2D eigenvalue weighted by atomic mass is 10.1. The minimum atomic E-state index is -1.15. The van der Waals surface area contributed by atoms with E-state index in [9.17, 15) is 9.59 Å². The lowest BCUT2D eigenvalue weighted by Crippen LogP contribution is -2.44. The average Bonchev–Trinajstić information content (AvgIpc) is 2.28. The summed E-state index contributed by atoms with van der Waals surface area (Å²) in [6.45, 7) is 5.10. The van der Waals surface area contributed by atoms with Crippen LogP contribution in [0.5, 0.6) is 0 Å². The highest BCUT2D eigenvalue weighted by atomic mass is 35.5. The predicted molar refractivity (Wildman–Crippen MR) is 73.7 cm³/mol. The maximum absolute atomic E-state index is 11.6. The van der Waals surface area contributed by atoms with E-state index in [4.69, 9.17) is 21.4 Å². The fourth-order valence-corrected chi connectivity index (χ4v) is 1.52. The smallest absolute Gasteiger partial charge is 0.408 e. The van der Waals surface area contributed by atoms with E-state index in [-0.39, 0.29) is 6.42 Å². The number of aromatic nitrogens is 1. The second-order valence-corrected chi connectivity index (χ2v) is 5.62. The summed E-state index contributed by atoms with van der Waals surface area (Å²) in [6.07, 6.45) is 0.792. The number of hydrogen-bond donors (Lipinski definition) is 2. The first-order chi connectivity index (χ1) is 9.17. The summed E-state index contributed by atoms with van der Waals surface area (Å²) in [5, 5.41) is 11.8. The normalized spacial score (nSPS) is 12.6. The van der Waals surface area contributed by atoms with Crippen LogP contribution in [-0.2, 0) is 16.0 Å². The van der Waals surface area contributed by atoms with Gasteiger partial charge in [0.15, 0.2) is 0 Å². The molecule has 1 atom stereocenters. The van der Waals surface area contributed by atoms with Gasteiger partial charge in [0, 0.05) is 12.6 Å². The van der Waals surface area contributed by atoms with Gasteiger partial charge < -0.3 is 15.2 Å². The number of carboxylic acid groups (broad SMARTS) is 1. The Labute approximate surface area is 122 Å². The molecule has 7 heteroatoms. The van der Waals surface area contributed by atoms with Crippen molar-refractivity contribution in [1.82, 2.24) is 10.3 Å². The number of ether oxygens (including phenoxy) is 1. The number of amides is 1. The Morgan fingerprint density at radius 2 is 2.10 bits per heavy atom. The largest absolute Gasteiger partial charge is 0.480 e. The Hall–Kier alpha value is -1.82. The van der Waals surface area contributed by atoms with Crippen LogP contribution in [0.4, 0.5) is 4.79 Å². The molecule has 1 aromatic heterocycles. The molecule has 0 bridgehead atoms. The van der Waals surface area contributed by atoms with Crippen molar-refractivity contribution >= 4 is 23.7 Å². The van der Waals surface area contributed by atoms with Gasteiger partial charge in [0.2, 0.25) is 0 Å². The van der Waals surface area contributed by atoms with Crippen LogP contribution >= 0.6 is 11.6 Å². The Kier molecular flexibility index (Phi) is 5.33. The van der Waals surface area contributed by atoms with Crippen LogP contribution in [-0.4, -0.2) is 33.8 Å². The van der Waals surface area contributed by atoms with Gasteiger partial charge >= 0.3 is 12.1 Å². The molecule has 0 aliphatic heterocycles. The van der Waals surface area contributed by atoms with Crippen molar-refractivity contribution in [3.63, 3.8) is 0 Å². The van der Waals surface area contributed by atoms with Gasteiger partial charge in [-0.05, 0) is 32.4 Å². The Morgan fingerprint density at radius 3 is 2.55 bits per heavy atom. The number of pyridine rings is 1. The van der Waals surface area contributed by atoms with Gasteiger partial charge in [0.05, 0.1) is 0 Å². The highest BCUT2D eigenvalue weighted by Crippen LogP contribution is 2.10. The minimum absolute atomic E-state index is 0.0960. The molecule has 0 saturated heterocycles. The van der Waals surface area contributed by atoms with E-state index >= 15 is 0 Å². The van der Waals surface area contributed by atoms with Gasteiger partial charge in [-0.25, -0.2) is 14.6 Å². The molecule has 1 amide bonds. The van der Waals surface area contributed by atoms with Crippen LogP contribution in [0.2, 0.25) is 5.15 Å². The summed E-state index contributed by atoms with van der Waals surface area (Å²) in [6, 6.07) is 2.12. The first-order valence-corrected chi connectivity index (χ1v) is 6.38. The number of carboxylic acids is 1. The molecule has 6 nitrogen and oxygen atoms in total. The number of nitrogens with one attached hydrogen (secondary N) is 1. The number of alkyl carbamates (subject to hydrolysis) is 1. The van der Waals surface area contributed by atoms with Crippen molar-refractivity contribution in [2.24, 2.45) is 0 Å². The zero-order valence-corrected chi connectivity index (χ0v) is 12.3. The third-order valence-corrected chi connectivity index (χ3v) is 2.44. The highest BCUT2D eigenvalue weighted by molar-refractivity contribution is 6.29. The van der Waals surface area contributed by atoms with Gasteiger partial charge in [-0.2, -0.15) is 0 Å². The molecule has 0 aliphatic rings. The van der Waals surface area contributed by atoms with E-state index in [0.29, 0.717) is 10.7 Å². The molecule has 20 heavy (non-hydrogen) atoms. The maximum atomic E-state index is 11.6. The van der Waals surface area contributed by atoms with Crippen LogP contribution in [0.3, 0.4) is 0 Å². The van der Waals surface area contributed by atoms with Crippen LogP contribution in [0.15, 0.2) is 18.3 Å². The van der Waals surface area contributed by atoms with Gasteiger partial charge in [0.25, 0.3) is 0 Å². The number of halogens is 1. The summed E-state index contributed by atoms with van der Waals surface area (Å²) in [5.41, 5.74) is -0.0348. The van der Waals surface area contributed by atoms with Gasteiger partial charge in [0.1, 0.15) is 16.8 Å². The molecule has 0 aliphatic carbocycles. The van der Waals surface area contributed by atoms with Gasteiger partial charge in [-0.1, -0.05) is 17.7 Å². The Morgan fingerprint density at radius 1 is 1.45 bits per heavy atom. The number of rotatable bonds is 4. The highest BCUT2D eigenvalue weighted by Gasteiger charge is 2.24. The van der Waals surface area contributed by atoms with Gasteiger partial charge in [-0.3, -0.25) is 0 Å². The maximum Gasteiger partial charge on any atom is 0.408 e. The molecular weight excluding hydrogens is 284 g/mol. The van der Waals surface area contributed by atoms with E-state index in [1.807, 2.05) is 0 Å². The fraction of sp³-hybridized carbons (Fsp3) is 0.462. The summed E-state index contributed by atoms with van der Waals surface area (Å²) in [4.78, 5) is 26.6. The third-order valence-electron chi connectivity index (χ3n) is 2.22. The molecule has 0 radical (unpaired) electrons. The summed E-state index contributed by atoms with van der Waals surface area (Å²) < 4.78 is 5.03. The van der Waals surface area contributed by atoms with Crippen molar-refractivity contribution in [3.8, 4) is 0 Å². The van der Waals surface area contributed by atoms with Crippen LogP contribution < -0.4 is 5.32 Å². The summed E-state index contributed by atoms with van der Waals surface area (Å²) >= 11 is 5.65. The zero-order chi connectivity index (χ0) is 15.3. The third kappa shape index (κ3) is 5.88. The predicted octanol–water partition coefficient (Wildman–Crippen LogP) is 2.26. The summed E-state index contributed by atoms with van der Waals surface area (Å²) in [7, 11) is 0. The molecular formula is C13H17ClN2O4. The lowest BCUT2D eigenvalue weighted by molar-refractivity contribution is -0.139. The van der Waals surface area contributed by atoms with E-state index in [1.165, 1.54) is 6.20 Å². The van der Waals surface area contributed by atoms with E-state index in [1.54, 1.807) is 32.9 Å². The first-order valence-electron chi connectivity index (χ1n) is 6.00. The monoisotopic (exact) mass is 300 g/mol. The molecule has 0 saturated carbocycles. The molecule has 0 aromatic carbocycles. The van der Waals surface area contributed by atoms with Crippen LogP contribution in [0.25, 0.3) is 0 Å². The van der Waals surface area contributed by atoms with Crippen molar-refractivity contribution in [3.05, 3.63) is 29.0 Å². The molecule has 110 valence electrons. The number of aliphatic carboxylic acids is 1. The Bertz CT molecular complexity index is 482. The fourth-order valence-electron chi connectivity index (χ4n) is 1.41. The topological polar surface area (TPSA) is 88.5 Å². The molecule has 1 aromatic rings. The first kappa shape index (κ1) is 16.2. The van der Waals surface area contributed by atoms with E-state index in [0.717, 1.165) is 0 Å². The Balaban J connectivity index is 2.68. The van der Waals surface area contributed by atoms with Crippen molar-refractivity contribution in [1.29, 1.82) is 0 Å². The second-order valence-electron chi connectivity index (χ2n) is 5.23. The number of carbonyl (C=O) groups is 2. The van der Waals surface area contributed by atoms with Crippen molar-refractivity contribution in [2.45, 2.75) is 38.8 Å². The standard InChI is InChI=1S/C13H17ClN2O4/c1-13(2,3)20-12(19)16-9(11(17)18)6-8-4-5-10(14)15-7-8/h4-5,7,9H,6H2,1-3H3,(H,16,19)(H,17,18)/t9-/m0/s1. The zero-order valence-electron chi connectivity index (χ0n) is 11.5. The van der Waals surface area contributed by atoms with E-state index < -0.39 is 23.7 Å². The average molecular weight is 301 g/mol. The van der Waals surface area contributed by atoms with Crippen molar-refractivity contribution < 1.29 is 19.4 Å². The van der Waals surface area contributed by atoms with Gasteiger partial charge in [-0.15, -0.1) is 0 Å². The minimum Gasteiger partial charge on any atom is -0.480 e. The molecule has 0 spiro atoms. The quantitative estimate of drug-likeness (QED) is 0.833. The number of hydrogen-bond acceptors (Lipinski definition) is 4. The van der Waals surface area contributed by atoms with Crippen LogP contribution in [0.1, 0.15) is 26.3 Å². The molecule has 0 fully saturated rings. The molecule has 0 unspecified atom stereocenters. The number of nitrogens with zero attached hydrogens (tertiary/aromatic N) is 1. The number of carbonyl (C=O) groups excluding carboxylic acids is 1. The SMILES string of the molecule is CC(C)(C)OC(=O)N[C@@H](Cc1ccc(Cl)nc1)C(=O)O. The lowest BCUT2D eigenvalue weighted by Gasteiger charge is -2.22. The van der Waals surface area contributed by atoms with Crippen LogP contribution in [0, 0.1) is 0 Å². The summed E-state index contributed by atoms with van der Waals surface area (Å²) in [5.74, 6) is -1.15. The molecule has 2 N–H and O–H groups in total. The second kappa shape index (κ2) is 6.56.